The monoisotopic (exact) mass is 394 g/mol. The van der Waals surface area contributed by atoms with Gasteiger partial charge < -0.3 is 9.32 Å². The number of benzene rings is 1. The number of thiazole rings is 1. The second-order valence-corrected chi connectivity index (χ2v) is 7.73. The number of hydrogen-bond donors (Lipinski definition) is 0. The summed E-state index contributed by atoms with van der Waals surface area (Å²) in [5, 5.41) is 2.79. The normalized spacial score (nSPS) is 15.5. The fourth-order valence-corrected chi connectivity index (χ4v) is 4.29. The minimum absolute atomic E-state index is 0.0556. The van der Waals surface area contributed by atoms with Crippen LogP contribution in [-0.4, -0.2) is 51.3 Å². The smallest absolute Gasteiger partial charge is 0.289 e. The van der Waals surface area contributed by atoms with E-state index in [1.165, 1.54) is 11.3 Å². The Labute approximate surface area is 164 Å². The second kappa shape index (κ2) is 6.88. The fourth-order valence-electron chi connectivity index (χ4n) is 3.55. The molecule has 0 saturated carbocycles. The lowest BCUT2D eigenvalue weighted by molar-refractivity contribution is 0.0598. The molecule has 0 bridgehead atoms. The van der Waals surface area contributed by atoms with Crippen LogP contribution in [0.4, 0.5) is 0 Å². The first kappa shape index (κ1) is 17.2. The van der Waals surface area contributed by atoms with Crippen LogP contribution < -0.4 is 5.56 Å². The Bertz CT molecular complexity index is 1180. The lowest BCUT2D eigenvalue weighted by Gasteiger charge is -2.34. The highest BCUT2D eigenvalue weighted by atomic mass is 32.1. The van der Waals surface area contributed by atoms with Crippen LogP contribution in [0.2, 0.25) is 0 Å². The van der Waals surface area contributed by atoms with Crippen LogP contribution in [0.5, 0.6) is 0 Å². The van der Waals surface area contributed by atoms with Gasteiger partial charge in [0, 0.05) is 55.8 Å². The van der Waals surface area contributed by atoms with Gasteiger partial charge in [-0.2, -0.15) is 0 Å². The maximum atomic E-state index is 12.8. The van der Waals surface area contributed by atoms with Gasteiger partial charge in [-0.3, -0.25) is 18.9 Å². The Kier molecular flexibility index (Phi) is 4.22. The third kappa shape index (κ3) is 3.10. The summed E-state index contributed by atoms with van der Waals surface area (Å²) >= 11 is 1.45. The highest BCUT2D eigenvalue weighted by Gasteiger charge is 2.25. The maximum absolute atomic E-state index is 12.8. The highest BCUT2D eigenvalue weighted by Crippen LogP contribution is 2.21. The van der Waals surface area contributed by atoms with E-state index in [1.807, 2.05) is 34.5 Å². The second-order valence-electron chi connectivity index (χ2n) is 6.86. The number of furan rings is 1. The molecule has 8 heteroatoms. The van der Waals surface area contributed by atoms with Crippen molar-refractivity contribution in [3.05, 3.63) is 69.8 Å². The summed E-state index contributed by atoms with van der Waals surface area (Å²) < 4.78 is 7.25. The van der Waals surface area contributed by atoms with Crippen molar-refractivity contribution < 1.29 is 9.21 Å². The molecule has 0 unspecified atom stereocenters. The van der Waals surface area contributed by atoms with Gasteiger partial charge in [-0.05, 0) is 12.1 Å². The molecule has 0 aliphatic carbocycles. The molecule has 4 aromatic rings. The van der Waals surface area contributed by atoms with Gasteiger partial charge in [-0.1, -0.05) is 18.2 Å². The van der Waals surface area contributed by atoms with E-state index < -0.39 is 0 Å². The van der Waals surface area contributed by atoms with E-state index in [4.69, 9.17) is 4.42 Å². The molecule has 28 heavy (non-hydrogen) atoms. The van der Waals surface area contributed by atoms with Gasteiger partial charge in [0.25, 0.3) is 11.5 Å². The summed E-state index contributed by atoms with van der Waals surface area (Å²) in [5.74, 6) is 0.305. The summed E-state index contributed by atoms with van der Waals surface area (Å²) in [6.07, 6.45) is 1.74. The largest absolute Gasteiger partial charge is 0.451 e. The van der Waals surface area contributed by atoms with E-state index in [-0.39, 0.29) is 11.5 Å². The molecule has 3 aromatic heterocycles. The number of hydrogen-bond acceptors (Lipinski definition) is 6. The number of carbonyl (C=O) groups excluding carboxylic acids is 1. The number of para-hydroxylation sites is 1. The van der Waals surface area contributed by atoms with E-state index in [9.17, 15) is 9.59 Å². The molecule has 142 valence electrons. The zero-order valence-electron chi connectivity index (χ0n) is 15.1. The Morgan fingerprint density at radius 2 is 1.96 bits per heavy atom. The van der Waals surface area contributed by atoms with Crippen molar-refractivity contribution in [3.63, 3.8) is 0 Å². The van der Waals surface area contributed by atoms with Crippen LogP contribution in [0.3, 0.4) is 0 Å². The molecule has 5 rings (SSSR count). The maximum Gasteiger partial charge on any atom is 0.289 e. The SMILES string of the molecule is O=C(c1cc2ccccc2o1)N1CCN(Cc2cc(=O)n3ccsc3n2)CC1. The molecule has 1 saturated heterocycles. The minimum atomic E-state index is -0.0766. The van der Waals surface area contributed by atoms with Gasteiger partial charge in [0.15, 0.2) is 10.7 Å². The molecule has 1 aromatic carbocycles. The summed E-state index contributed by atoms with van der Waals surface area (Å²) in [5.41, 5.74) is 1.44. The molecule has 7 nitrogen and oxygen atoms in total. The van der Waals surface area contributed by atoms with Gasteiger partial charge in [0.05, 0.1) is 5.69 Å². The van der Waals surface area contributed by atoms with E-state index in [1.54, 1.807) is 22.7 Å². The van der Waals surface area contributed by atoms with Crippen LogP contribution in [-0.2, 0) is 6.54 Å². The first-order chi connectivity index (χ1) is 13.7. The Balaban J connectivity index is 1.25. The van der Waals surface area contributed by atoms with Crippen molar-refractivity contribution >= 4 is 33.2 Å². The van der Waals surface area contributed by atoms with Crippen molar-refractivity contribution in [1.29, 1.82) is 0 Å². The zero-order chi connectivity index (χ0) is 19.1. The van der Waals surface area contributed by atoms with Gasteiger partial charge >= 0.3 is 0 Å². The first-order valence-corrected chi connectivity index (χ1v) is 10.0. The number of amides is 1. The quantitative estimate of drug-likeness (QED) is 0.534. The van der Waals surface area contributed by atoms with Crippen LogP contribution in [0.1, 0.15) is 16.2 Å². The van der Waals surface area contributed by atoms with E-state index in [0.29, 0.717) is 30.4 Å². The molecule has 1 fully saturated rings. The third-order valence-corrected chi connectivity index (χ3v) is 5.79. The fraction of sp³-hybridized carbons (Fsp3) is 0.250. The molecular weight excluding hydrogens is 376 g/mol. The van der Waals surface area contributed by atoms with Crippen molar-refractivity contribution in [1.82, 2.24) is 19.2 Å². The van der Waals surface area contributed by atoms with Crippen LogP contribution in [0, 0.1) is 0 Å². The van der Waals surface area contributed by atoms with Gasteiger partial charge in [0.2, 0.25) is 0 Å². The number of fused-ring (bicyclic) bond motifs is 2. The van der Waals surface area contributed by atoms with Crippen LogP contribution >= 0.6 is 11.3 Å². The predicted molar refractivity (Wildman–Crippen MR) is 107 cm³/mol. The lowest BCUT2D eigenvalue weighted by atomic mass is 10.2. The average molecular weight is 394 g/mol. The molecule has 0 atom stereocenters. The Morgan fingerprint density at radius 3 is 2.79 bits per heavy atom. The molecule has 1 amide bonds. The average Bonchev–Trinajstić information content (AvgIpc) is 3.35. The standard InChI is InChI=1S/C20H18N4O3S/c25-18-12-15(21-20-24(18)9-10-28-20)13-22-5-7-23(8-6-22)19(26)17-11-14-3-1-2-4-16(14)27-17/h1-4,9-12H,5-8,13H2. The zero-order valence-corrected chi connectivity index (χ0v) is 15.9. The minimum Gasteiger partial charge on any atom is -0.451 e. The van der Waals surface area contributed by atoms with Gasteiger partial charge in [-0.25, -0.2) is 4.98 Å². The van der Waals surface area contributed by atoms with Gasteiger partial charge in [0.1, 0.15) is 5.58 Å². The molecule has 1 aliphatic rings. The number of carbonyl (C=O) groups is 1. The third-order valence-electron chi connectivity index (χ3n) is 5.04. The van der Waals surface area contributed by atoms with Crippen molar-refractivity contribution in [3.8, 4) is 0 Å². The van der Waals surface area contributed by atoms with Crippen molar-refractivity contribution in [2.45, 2.75) is 6.54 Å². The molecule has 0 N–H and O–H groups in total. The predicted octanol–water partition coefficient (Wildman–Crippen LogP) is 2.46. The molecule has 4 heterocycles. The number of piperazine rings is 1. The summed E-state index contributed by atoms with van der Waals surface area (Å²) in [7, 11) is 0. The van der Waals surface area contributed by atoms with E-state index in [0.717, 1.165) is 29.8 Å². The topological polar surface area (TPSA) is 71.1 Å². The Hall–Kier alpha value is -2.97. The van der Waals surface area contributed by atoms with Crippen molar-refractivity contribution in [2.75, 3.05) is 26.2 Å². The van der Waals surface area contributed by atoms with Crippen molar-refractivity contribution in [2.24, 2.45) is 0 Å². The first-order valence-electron chi connectivity index (χ1n) is 9.13. The van der Waals surface area contributed by atoms with E-state index in [2.05, 4.69) is 9.88 Å². The van der Waals surface area contributed by atoms with Gasteiger partial charge in [-0.15, -0.1) is 11.3 Å². The molecule has 0 spiro atoms. The Morgan fingerprint density at radius 1 is 1.14 bits per heavy atom. The summed E-state index contributed by atoms with van der Waals surface area (Å²) in [6.45, 7) is 3.32. The molecular formula is C20H18N4O3S. The number of rotatable bonds is 3. The van der Waals surface area contributed by atoms with E-state index >= 15 is 0 Å². The number of aromatic nitrogens is 2. The van der Waals surface area contributed by atoms with Crippen LogP contribution in [0.25, 0.3) is 15.9 Å². The number of nitrogens with zero attached hydrogens (tertiary/aromatic N) is 4. The summed E-state index contributed by atoms with van der Waals surface area (Å²) in [6, 6.07) is 11.0. The van der Waals surface area contributed by atoms with Crippen LogP contribution in [0.15, 0.2) is 57.2 Å². The highest BCUT2D eigenvalue weighted by molar-refractivity contribution is 7.15. The molecule has 0 radical (unpaired) electrons. The lowest BCUT2D eigenvalue weighted by Crippen LogP contribution is -2.48. The summed E-state index contributed by atoms with van der Waals surface area (Å²) in [4.78, 5) is 34.2. The molecule has 1 aliphatic heterocycles.